The number of primary sulfonamides is 2. The van der Waals surface area contributed by atoms with Crippen LogP contribution in [0.4, 0.5) is 0 Å². The second-order valence-electron chi connectivity index (χ2n) is 3.68. The van der Waals surface area contributed by atoms with Crippen LogP contribution in [0.15, 0.2) is 34.1 Å². The van der Waals surface area contributed by atoms with Crippen molar-refractivity contribution < 1.29 is 25.3 Å². The predicted molar refractivity (Wildman–Crippen MR) is 67.8 cm³/mol. The summed E-state index contributed by atoms with van der Waals surface area (Å²) < 4.78 is 67.9. The molecule has 0 unspecified atom stereocenters. The van der Waals surface area contributed by atoms with Crippen LogP contribution < -0.4 is 10.3 Å². The lowest BCUT2D eigenvalue weighted by atomic mass is 10.4. The maximum atomic E-state index is 11.9. The lowest BCUT2D eigenvalue weighted by Gasteiger charge is -2.08. The molecule has 0 saturated carbocycles. The van der Waals surface area contributed by atoms with Gasteiger partial charge in [-0.3, -0.25) is 0 Å². The van der Waals surface area contributed by atoms with Gasteiger partial charge in [0, 0.05) is 0 Å². The molecule has 0 fully saturated rings. The molecule has 1 aromatic carbocycles. The SMILES string of the molecule is NS(=O)(=O)CCS(=O)(=O)c1ccccc1S(N)(=O)=O. The van der Waals surface area contributed by atoms with Gasteiger partial charge in [-0.15, -0.1) is 0 Å². The Balaban J connectivity index is 3.31. The zero-order valence-electron chi connectivity index (χ0n) is 9.55. The van der Waals surface area contributed by atoms with Crippen LogP contribution >= 0.6 is 0 Å². The largest absolute Gasteiger partial charge is 0.239 e. The quantitative estimate of drug-likeness (QED) is 0.663. The van der Waals surface area contributed by atoms with Crippen molar-refractivity contribution in [3.63, 3.8) is 0 Å². The van der Waals surface area contributed by atoms with Crippen molar-refractivity contribution in [1.82, 2.24) is 0 Å². The number of hydrogen-bond donors (Lipinski definition) is 2. The van der Waals surface area contributed by atoms with Gasteiger partial charge in [0.2, 0.25) is 20.0 Å². The Morgan fingerprint density at radius 3 is 1.68 bits per heavy atom. The molecule has 11 heteroatoms. The van der Waals surface area contributed by atoms with Crippen LogP contribution in [0.5, 0.6) is 0 Å². The molecular weight excluding hydrogens is 316 g/mol. The van der Waals surface area contributed by atoms with Crippen LogP contribution in [0.2, 0.25) is 0 Å². The molecular formula is C8H12N2O6S3. The van der Waals surface area contributed by atoms with E-state index in [1.54, 1.807) is 0 Å². The number of sulfone groups is 1. The van der Waals surface area contributed by atoms with Gasteiger partial charge in [-0.25, -0.2) is 35.5 Å². The summed E-state index contributed by atoms with van der Waals surface area (Å²) in [5.41, 5.74) is 0. The van der Waals surface area contributed by atoms with Gasteiger partial charge < -0.3 is 0 Å². The first-order valence-corrected chi connectivity index (χ1v) is 9.70. The number of hydrogen-bond acceptors (Lipinski definition) is 6. The summed E-state index contributed by atoms with van der Waals surface area (Å²) in [6, 6.07) is 4.67. The molecule has 0 atom stereocenters. The highest BCUT2D eigenvalue weighted by atomic mass is 32.2. The number of rotatable bonds is 5. The van der Waals surface area contributed by atoms with E-state index in [0.717, 1.165) is 12.1 Å². The fourth-order valence-electron chi connectivity index (χ4n) is 1.28. The van der Waals surface area contributed by atoms with Crippen molar-refractivity contribution >= 4 is 29.9 Å². The molecule has 0 aromatic heterocycles. The van der Waals surface area contributed by atoms with Gasteiger partial charge in [-0.05, 0) is 12.1 Å². The summed E-state index contributed by atoms with van der Waals surface area (Å²) in [6.07, 6.45) is 0. The molecule has 108 valence electrons. The van der Waals surface area contributed by atoms with Crippen LogP contribution in [0.3, 0.4) is 0 Å². The van der Waals surface area contributed by atoms with Crippen LogP contribution in [-0.2, 0) is 29.9 Å². The van der Waals surface area contributed by atoms with Gasteiger partial charge in [-0.2, -0.15) is 0 Å². The fourth-order valence-corrected chi connectivity index (χ4v) is 5.31. The molecule has 0 amide bonds. The highest BCUT2D eigenvalue weighted by Crippen LogP contribution is 2.20. The summed E-state index contributed by atoms with van der Waals surface area (Å²) in [5.74, 6) is -1.63. The average Bonchev–Trinajstić information content (AvgIpc) is 2.25. The minimum absolute atomic E-state index is 0.541. The van der Waals surface area contributed by atoms with Crippen molar-refractivity contribution in [2.45, 2.75) is 9.79 Å². The summed E-state index contributed by atoms with van der Waals surface area (Å²) in [7, 11) is -12.3. The zero-order chi connectivity index (χ0) is 14.9. The first-order chi connectivity index (χ1) is 8.43. The second-order valence-corrected chi connectivity index (χ2v) is 9.02. The van der Waals surface area contributed by atoms with E-state index in [1.807, 2.05) is 0 Å². The highest BCUT2D eigenvalue weighted by Gasteiger charge is 2.25. The van der Waals surface area contributed by atoms with Gasteiger partial charge in [0.05, 0.1) is 16.4 Å². The minimum atomic E-state index is -4.23. The highest BCUT2D eigenvalue weighted by molar-refractivity contribution is 7.95. The van der Waals surface area contributed by atoms with E-state index in [0.29, 0.717) is 0 Å². The van der Waals surface area contributed by atoms with Gasteiger partial charge >= 0.3 is 0 Å². The van der Waals surface area contributed by atoms with Crippen LogP contribution in [-0.4, -0.2) is 36.8 Å². The Kier molecular flexibility index (Phi) is 4.37. The lowest BCUT2D eigenvalue weighted by Crippen LogP contribution is -2.24. The molecule has 0 aliphatic rings. The van der Waals surface area contributed by atoms with E-state index >= 15 is 0 Å². The van der Waals surface area contributed by atoms with E-state index < -0.39 is 51.2 Å². The molecule has 0 spiro atoms. The van der Waals surface area contributed by atoms with Gasteiger partial charge in [0.1, 0.15) is 4.90 Å². The standard InChI is InChI=1S/C8H12N2O6S3/c9-18(13,14)6-5-17(11,12)7-3-1-2-4-8(7)19(10,15)16/h1-4H,5-6H2,(H2,9,13,14)(H2,10,15,16). The fraction of sp³-hybridized carbons (Fsp3) is 0.250. The number of nitrogens with two attached hydrogens (primary N) is 2. The Labute approximate surface area is 111 Å². The summed E-state index contributed by atoms with van der Waals surface area (Å²) in [4.78, 5) is -1.12. The summed E-state index contributed by atoms with van der Waals surface area (Å²) in [5, 5.41) is 9.61. The van der Waals surface area contributed by atoms with Gasteiger partial charge in [0.15, 0.2) is 9.84 Å². The summed E-state index contributed by atoms with van der Waals surface area (Å²) in [6.45, 7) is 0. The maximum absolute atomic E-state index is 11.9. The smallest absolute Gasteiger partial charge is 0.229 e. The van der Waals surface area contributed by atoms with E-state index in [4.69, 9.17) is 10.3 Å². The van der Waals surface area contributed by atoms with Crippen LogP contribution in [0.1, 0.15) is 0 Å². The Bertz CT molecular complexity index is 780. The second kappa shape index (κ2) is 5.17. The van der Waals surface area contributed by atoms with E-state index in [9.17, 15) is 25.3 Å². The molecule has 0 radical (unpaired) electrons. The third kappa shape index (κ3) is 4.54. The van der Waals surface area contributed by atoms with Crippen LogP contribution in [0, 0.1) is 0 Å². The Morgan fingerprint density at radius 1 is 0.789 bits per heavy atom. The first kappa shape index (κ1) is 16.0. The molecule has 0 aliphatic heterocycles. The molecule has 1 rings (SSSR count). The monoisotopic (exact) mass is 328 g/mol. The molecule has 1 aromatic rings. The van der Waals surface area contributed by atoms with Crippen molar-refractivity contribution in [3.05, 3.63) is 24.3 Å². The van der Waals surface area contributed by atoms with E-state index in [2.05, 4.69) is 0 Å². The molecule has 0 aliphatic carbocycles. The molecule has 0 saturated heterocycles. The van der Waals surface area contributed by atoms with Crippen molar-refractivity contribution in [2.75, 3.05) is 11.5 Å². The third-order valence-electron chi connectivity index (χ3n) is 2.13. The molecule has 0 bridgehead atoms. The van der Waals surface area contributed by atoms with Crippen molar-refractivity contribution in [3.8, 4) is 0 Å². The minimum Gasteiger partial charge on any atom is -0.229 e. The van der Waals surface area contributed by atoms with Crippen LogP contribution in [0.25, 0.3) is 0 Å². The van der Waals surface area contributed by atoms with E-state index in [-0.39, 0.29) is 0 Å². The zero-order valence-corrected chi connectivity index (χ0v) is 12.0. The molecule has 4 N–H and O–H groups in total. The maximum Gasteiger partial charge on any atom is 0.239 e. The normalized spacial score (nSPS) is 13.4. The Hall–Kier alpha value is -1.01. The number of sulfonamides is 2. The van der Waals surface area contributed by atoms with Crippen molar-refractivity contribution in [1.29, 1.82) is 0 Å². The Morgan fingerprint density at radius 2 is 1.26 bits per heavy atom. The topological polar surface area (TPSA) is 154 Å². The lowest BCUT2D eigenvalue weighted by molar-refractivity contribution is 0.582. The van der Waals surface area contributed by atoms with Crippen molar-refractivity contribution in [2.24, 2.45) is 10.3 Å². The molecule has 19 heavy (non-hydrogen) atoms. The van der Waals surface area contributed by atoms with Gasteiger partial charge in [-0.1, -0.05) is 12.1 Å². The van der Waals surface area contributed by atoms with E-state index in [1.165, 1.54) is 12.1 Å². The molecule has 8 nitrogen and oxygen atoms in total. The summed E-state index contributed by atoms with van der Waals surface area (Å²) >= 11 is 0. The number of benzene rings is 1. The first-order valence-electron chi connectivity index (χ1n) is 4.78. The predicted octanol–water partition coefficient (Wildman–Crippen LogP) is -1.60. The molecule has 0 heterocycles. The average molecular weight is 328 g/mol. The van der Waals surface area contributed by atoms with Gasteiger partial charge in [0.25, 0.3) is 0 Å². The third-order valence-corrected chi connectivity index (χ3v) is 6.02.